The van der Waals surface area contributed by atoms with Crippen LogP contribution in [-0.4, -0.2) is 35.1 Å². The Morgan fingerprint density at radius 2 is 1.93 bits per heavy atom. The third-order valence-electron chi connectivity index (χ3n) is 5.28. The summed E-state index contributed by atoms with van der Waals surface area (Å²) in [4.78, 5) is 9.01. The first-order valence-corrected chi connectivity index (χ1v) is 11.6. The standard InChI is InChI=1S/C22H27ClN4S/c1-2-3-12-26-16-25(13-14-28-15-18-8-10-19(23)11-9-18)17-27-21-7-5-4-6-20(21)24-22(26)27/h4-11H,2-3,12-17H2,1H3/p+1. The number of nitrogens with one attached hydrogen (secondary N) is 1. The van der Waals surface area contributed by atoms with Crippen LogP contribution >= 0.6 is 23.4 Å². The average Bonchev–Trinajstić information content (AvgIpc) is 3.10. The third kappa shape index (κ3) is 4.48. The molecule has 28 heavy (non-hydrogen) atoms. The Morgan fingerprint density at radius 3 is 2.75 bits per heavy atom. The fourth-order valence-electron chi connectivity index (χ4n) is 3.75. The summed E-state index contributed by atoms with van der Waals surface area (Å²) in [6.07, 6.45) is 2.42. The number of unbranched alkanes of at least 4 members (excludes halogenated alkanes) is 1. The Kier molecular flexibility index (Phi) is 6.45. The number of halogens is 1. The van der Waals surface area contributed by atoms with Crippen molar-refractivity contribution in [2.45, 2.75) is 32.2 Å². The molecule has 148 valence electrons. The number of benzene rings is 2. The van der Waals surface area contributed by atoms with E-state index < -0.39 is 0 Å². The molecule has 0 saturated carbocycles. The highest BCUT2D eigenvalue weighted by atomic mass is 35.5. The highest BCUT2D eigenvalue weighted by Crippen LogP contribution is 2.23. The molecule has 0 radical (unpaired) electrons. The second-order valence-electron chi connectivity index (χ2n) is 7.44. The third-order valence-corrected chi connectivity index (χ3v) is 6.56. The number of nitrogens with zero attached hydrogens (tertiary/aromatic N) is 3. The zero-order chi connectivity index (χ0) is 19.3. The Bertz CT molecular complexity index is 909. The molecule has 4 rings (SSSR count). The quantitative estimate of drug-likeness (QED) is 0.562. The van der Waals surface area contributed by atoms with E-state index in [-0.39, 0.29) is 0 Å². The van der Waals surface area contributed by atoms with Gasteiger partial charge in [-0.2, -0.15) is 11.8 Å². The fourth-order valence-corrected chi connectivity index (χ4v) is 4.88. The number of hydrogen-bond donors (Lipinski definition) is 1. The minimum absolute atomic E-state index is 0.807. The van der Waals surface area contributed by atoms with E-state index >= 15 is 0 Å². The first kappa shape index (κ1) is 19.6. The Morgan fingerprint density at radius 1 is 1.11 bits per heavy atom. The van der Waals surface area contributed by atoms with Crippen molar-refractivity contribution in [1.29, 1.82) is 0 Å². The van der Waals surface area contributed by atoms with Crippen molar-refractivity contribution in [2.75, 3.05) is 30.4 Å². The van der Waals surface area contributed by atoms with Gasteiger partial charge in [0.1, 0.15) is 0 Å². The average molecular weight is 416 g/mol. The Hall–Kier alpha value is -1.69. The maximum absolute atomic E-state index is 5.98. The number of hydrogen-bond acceptors (Lipinski definition) is 3. The second kappa shape index (κ2) is 9.21. The van der Waals surface area contributed by atoms with Crippen molar-refractivity contribution < 1.29 is 4.90 Å². The van der Waals surface area contributed by atoms with Crippen LogP contribution in [0.3, 0.4) is 0 Å². The monoisotopic (exact) mass is 415 g/mol. The molecule has 0 saturated heterocycles. The number of para-hydroxylation sites is 2. The molecule has 0 aliphatic carbocycles. The summed E-state index contributed by atoms with van der Waals surface area (Å²) >= 11 is 7.98. The smallest absolute Gasteiger partial charge is 0.215 e. The lowest BCUT2D eigenvalue weighted by molar-refractivity contribution is -0.922. The molecule has 1 atom stereocenters. The lowest BCUT2D eigenvalue weighted by Gasteiger charge is -2.34. The summed E-state index contributed by atoms with van der Waals surface area (Å²) in [5.74, 6) is 3.34. The van der Waals surface area contributed by atoms with Crippen LogP contribution in [0.1, 0.15) is 25.3 Å². The van der Waals surface area contributed by atoms with E-state index in [2.05, 4.69) is 52.8 Å². The van der Waals surface area contributed by atoms with Crippen LogP contribution in [0.5, 0.6) is 0 Å². The maximum atomic E-state index is 5.98. The zero-order valence-electron chi connectivity index (χ0n) is 16.4. The van der Waals surface area contributed by atoms with E-state index in [9.17, 15) is 0 Å². The molecule has 2 heterocycles. The van der Waals surface area contributed by atoms with Gasteiger partial charge in [-0.3, -0.25) is 14.4 Å². The summed E-state index contributed by atoms with van der Waals surface area (Å²) in [7, 11) is 0. The SMILES string of the molecule is CCCCN1C[NH+](CCSCc2ccc(Cl)cc2)Cn2c1nc1ccccc12. The van der Waals surface area contributed by atoms with Crippen molar-refractivity contribution in [1.82, 2.24) is 9.55 Å². The van der Waals surface area contributed by atoms with Gasteiger partial charge in [-0.15, -0.1) is 0 Å². The van der Waals surface area contributed by atoms with Crippen molar-refractivity contribution in [2.24, 2.45) is 0 Å². The maximum Gasteiger partial charge on any atom is 0.215 e. The summed E-state index contributed by atoms with van der Waals surface area (Å²) in [5, 5.41) is 0.807. The van der Waals surface area contributed by atoms with Crippen LogP contribution in [-0.2, 0) is 12.4 Å². The Balaban J connectivity index is 1.40. The highest BCUT2D eigenvalue weighted by Gasteiger charge is 2.27. The molecule has 0 fully saturated rings. The first-order valence-electron chi connectivity index (χ1n) is 10.1. The van der Waals surface area contributed by atoms with E-state index in [1.165, 1.54) is 23.9 Å². The molecular formula is C22H28ClN4S+. The van der Waals surface area contributed by atoms with Gasteiger partial charge in [0.2, 0.25) is 5.95 Å². The molecule has 0 spiro atoms. The Labute approximate surface area is 176 Å². The van der Waals surface area contributed by atoms with E-state index in [1.54, 1.807) is 4.90 Å². The number of aromatic nitrogens is 2. The molecule has 6 heteroatoms. The number of quaternary nitrogens is 1. The van der Waals surface area contributed by atoms with Crippen molar-refractivity contribution in [3.05, 3.63) is 59.1 Å². The summed E-state index contributed by atoms with van der Waals surface area (Å²) in [6, 6.07) is 16.7. The van der Waals surface area contributed by atoms with Gasteiger partial charge in [-0.1, -0.05) is 49.2 Å². The van der Waals surface area contributed by atoms with Gasteiger partial charge in [0, 0.05) is 23.1 Å². The molecule has 3 aromatic rings. The second-order valence-corrected chi connectivity index (χ2v) is 8.98. The molecular weight excluding hydrogens is 388 g/mol. The normalized spacial score (nSPS) is 16.5. The van der Waals surface area contributed by atoms with Gasteiger partial charge < -0.3 is 0 Å². The van der Waals surface area contributed by atoms with E-state index in [1.807, 2.05) is 23.9 Å². The molecule has 1 N–H and O–H groups in total. The van der Waals surface area contributed by atoms with E-state index in [4.69, 9.17) is 16.6 Å². The number of fused-ring (bicyclic) bond motifs is 3. The van der Waals surface area contributed by atoms with Crippen LogP contribution in [0.2, 0.25) is 5.02 Å². The minimum Gasteiger partial charge on any atom is -0.300 e. The van der Waals surface area contributed by atoms with Crippen LogP contribution in [0.4, 0.5) is 5.95 Å². The summed E-state index contributed by atoms with van der Waals surface area (Å²) in [5.41, 5.74) is 3.71. The fraction of sp³-hybridized carbons (Fsp3) is 0.409. The van der Waals surface area contributed by atoms with Crippen molar-refractivity contribution in [3.63, 3.8) is 0 Å². The van der Waals surface area contributed by atoms with E-state index in [0.717, 1.165) is 54.4 Å². The number of rotatable bonds is 8. The number of imidazole rings is 1. The number of thioether (sulfide) groups is 1. The predicted octanol–water partition coefficient (Wildman–Crippen LogP) is 4.04. The molecule has 2 aromatic carbocycles. The van der Waals surface area contributed by atoms with Crippen molar-refractivity contribution in [3.8, 4) is 0 Å². The summed E-state index contributed by atoms with van der Waals surface area (Å²) in [6.45, 7) is 6.55. The van der Waals surface area contributed by atoms with Gasteiger partial charge in [-0.25, -0.2) is 4.98 Å². The van der Waals surface area contributed by atoms with Gasteiger partial charge in [0.25, 0.3) is 0 Å². The highest BCUT2D eigenvalue weighted by molar-refractivity contribution is 7.98. The first-order chi connectivity index (χ1) is 13.7. The van der Waals surface area contributed by atoms with Crippen LogP contribution in [0.15, 0.2) is 48.5 Å². The summed E-state index contributed by atoms with van der Waals surface area (Å²) < 4.78 is 2.41. The molecule has 1 aliphatic rings. The predicted molar refractivity (Wildman–Crippen MR) is 120 cm³/mol. The van der Waals surface area contributed by atoms with Gasteiger partial charge in [0.15, 0.2) is 13.3 Å². The lowest BCUT2D eigenvalue weighted by Crippen LogP contribution is -3.14. The lowest BCUT2D eigenvalue weighted by atomic mass is 10.2. The number of anilines is 1. The van der Waals surface area contributed by atoms with Crippen molar-refractivity contribution >= 4 is 40.3 Å². The molecule has 1 aromatic heterocycles. The van der Waals surface area contributed by atoms with Gasteiger partial charge in [-0.05, 0) is 36.2 Å². The van der Waals surface area contributed by atoms with Gasteiger partial charge >= 0.3 is 0 Å². The largest absolute Gasteiger partial charge is 0.300 e. The van der Waals surface area contributed by atoms with Crippen LogP contribution in [0.25, 0.3) is 11.0 Å². The van der Waals surface area contributed by atoms with E-state index in [0.29, 0.717) is 0 Å². The zero-order valence-corrected chi connectivity index (χ0v) is 18.0. The molecule has 0 bridgehead atoms. The topological polar surface area (TPSA) is 25.5 Å². The van der Waals surface area contributed by atoms with Crippen LogP contribution in [0, 0.1) is 0 Å². The molecule has 1 aliphatic heterocycles. The minimum atomic E-state index is 0.807. The molecule has 1 unspecified atom stereocenters. The van der Waals surface area contributed by atoms with Gasteiger partial charge in [0.05, 0.1) is 17.6 Å². The molecule has 0 amide bonds. The molecule has 4 nitrogen and oxygen atoms in total. The van der Waals surface area contributed by atoms with Crippen LogP contribution < -0.4 is 9.80 Å².